The SMILES string of the molecule is Cc1ccc(NCc2nc3ccccc3n2C)c(Cl)c1. The van der Waals surface area contributed by atoms with E-state index in [1.165, 1.54) is 0 Å². The topological polar surface area (TPSA) is 29.9 Å². The van der Waals surface area contributed by atoms with Crippen LogP contribution in [0.15, 0.2) is 42.5 Å². The van der Waals surface area contributed by atoms with Crippen LogP contribution in [-0.4, -0.2) is 9.55 Å². The Morgan fingerprint density at radius 2 is 2.00 bits per heavy atom. The number of benzene rings is 2. The molecule has 102 valence electrons. The number of nitrogens with zero attached hydrogens (tertiary/aromatic N) is 2. The average Bonchev–Trinajstić information content (AvgIpc) is 2.75. The molecule has 1 heterocycles. The molecule has 0 amide bonds. The van der Waals surface area contributed by atoms with Crippen molar-refractivity contribution in [2.75, 3.05) is 5.32 Å². The molecular weight excluding hydrogens is 270 g/mol. The van der Waals surface area contributed by atoms with Gasteiger partial charge >= 0.3 is 0 Å². The molecule has 1 N–H and O–H groups in total. The zero-order valence-electron chi connectivity index (χ0n) is 11.5. The predicted octanol–water partition coefficient (Wildman–Crippen LogP) is 4.15. The predicted molar refractivity (Wildman–Crippen MR) is 84.2 cm³/mol. The van der Waals surface area contributed by atoms with Gasteiger partial charge in [-0.3, -0.25) is 0 Å². The maximum Gasteiger partial charge on any atom is 0.128 e. The monoisotopic (exact) mass is 285 g/mol. The van der Waals surface area contributed by atoms with Crippen molar-refractivity contribution >= 4 is 28.3 Å². The van der Waals surface area contributed by atoms with Crippen molar-refractivity contribution in [3.05, 3.63) is 58.9 Å². The third-order valence-electron chi connectivity index (χ3n) is 3.44. The first kappa shape index (κ1) is 13.0. The van der Waals surface area contributed by atoms with Gasteiger partial charge in [-0.2, -0.15) is 0 Å². The van der Waals surface area contributed by atoms with E-state index in [9.17, 15) is 0 Å². The molecule has 0 aliphatic carbocycles. The highest BCUT2D eigenvalue weighted by molar-refractivity contribution is 6.33. The molecule has 0 saturated carbocycles. The molecule has 3 rings (SSSR count). The maximum absolute atomic E-state index is 6.22. The van der Waals surface area contributed by atoms with Gasteiger partial charge in [0.1, 0.15) is 5.82 Å². The Bertz CT molecular complexity index is 762. The van der Waals surface area contributed by atoms with E-state index in [2.05, 4.69) is 20.9 Å². The van der Waals surface area contributed by atoms with Crippen molar-refractivity contribution in [1.29, 1.82) is 0 Å². The smallest absolute Gasteiger partial charge is 0.128 e. The van der Waals surface area contributed by atoms with Gasteiger partial charge in [-0.15, -0.1) is 0 Å². The Kier molecular flexibility index (Phi) is 3.36. The molecule has 4 heteroatoms. The Morgan fingerprint density at radius 3 is 2.75 bits per heavy atom. The average molecular weight is 286 g/mol. The summed E-state index contributed by atoms with van der Waals surface area (Å²) in [6.07, 6.45) is 0. The Hall–Kier alpha value is -2.00. The van der Waals surface area contributed by atoms with Gasteiger partial charge in [0.05, 0.1) is 28.3 Å². The molecule has 0 aliphatic rings. The first-order valence-corrected chi connectivity index (χ1v) is 6.93. The first-order valence-electron chi connectivity index (χ1n) is 6.55. The number of anilines is 1. The summed E-state index contributed by atoms with van der Waals surface area (Å²) in [5, 5.41) is 4.08. The van der Waals surface area contributed by atoms with E-state index < -0.39 is 0 Å². The van der Waals surface area contributed by atoms with Crippen molar-refractivity contribution in [3.63, 3.8) is 0 Å². The number of fused-ring (bicyclic) bond motifs is 1. The second-order valence-electron chi connectivity index (χ2n) is 4.91. The van der Waals surface area contributed by atoms with E-state index in [0.717, 1.165) is 33.1 Å². The summed E-state index contributed by atoms with van der Waals surface area (Å²) in [4.78, 5) is 4.63. The second-order valence-corrected chi connectivity index (χ2v) is 5.32. The van der Waals surface area contributed by atoms with Crippen LogP contribution < -0.4 is 5.32 Å². The van der Waals surface area contributed by atoms with Gasteiger partial charge in [-0.25, -0.2) is 4.98 Å². The molecule has 1 aromatic heterocycles. The number of rotatable bonds is 3. The van der Waals surface area contributed by atoms with Crippen LogP contribution in [0.3, 0.4) is 0 Å². The van der Waals surface area contributed by atoms with Crippen molar-refractivity contribution in [3.8, 4) is 0 Å². The number of halogens is 1. The molecule has 3 aromatic rings. The van der Waals surface area contributed by atoms with Crippen LogP contribution in [0.1, 0.15) is 11.4 Å². The number of para-hydroxylation sites is 2. The lowest BCUT2D eigenvalue weighted by molar-refractivity contribution is 0.834. The summed E-state index contributed by atoms with van der Waals surface area (Å²) >= 11 is 6.22. The Labute approximate surface area is 123 Å². The summed E-state index contributed by atoms with van der Waals surface area (Å²) in [5.41, 5.74) is 4.24. The molecule has 3 nitrogen and oxygen atoms in total. The number of aryl methyl sites for hydroxylation is 2. The minimum Gasteiger partial charge on any atom is -0.377 e. The van der Waals surface area contributed by atoms with E-state index in [0.29, 0.717) is 6.54 Å². The molecule has 0 atom stereocenters. The molecule has 0 radical (unpaired) electrons. The fourth-order valence-electron chi connectivity index (χ4n) is 2.29. The van der Waals surface area contributed by atoms with Gasteiger partial charge in [0, 0.05) is 7.05 Å². The van der Waals surface area contributed by atoms with E-state index in [1.54, 1.807) is 0 Å². The lowest BCUT2D eigenvalue weighted by Gasteiger charge is -2.09. The van der Waals surface area contributed by atoms with Gasteiger partial charge in [-0.05, 0) is 36.8 Å². The molecule has 0 aliphatic heterocycles. The third kappa shape index (κ3) is 2.37. The minimum atomic E-state index is 0.647. The largest absolute Gasteiger partial charge is 0.377 e. The van der Waals surface area contributed by atoms with Crippen LogP contribution in [0.2, 0.25) is 5.02 Å². The third-order valence-corrected chi connectivity index (χ3v) is 3.75. The van der Waals surface area contributed by atoms with Crippen LogP contribution in [-0.2, 0) is 13.6 Å². The van der Waals surface area contributed by atoms with Crippen molar-refractivity contribution in [2.45, 2.75) is 13.5 Å². The quantitative estimate of drug-likeness (QED) is 0.783. The van der Waals surface area contributed by atoms with Gasteiger partial charge in [0.15, 0.2) is 0 Å². The van der Waals surface area contributed by atoms with E-state index in [1.807, 2.05) is 50.4 Å². The molecule has 0 bridgehead atoms. The van der Waals surface area contributed by atoms with E-state index in [-0.39, 0.29) is 0 Å². The second kappa shape index (κ2) is 5.17. The molecule has 20 heavy (non-hydrogen) atoms. The molecule has 2 aromatic carbocycles. The summed E-state index contributed by atoms with van der Waals surface area (Å²) in [6, 6.07) is 14.1. The maximum atomic E-state index is 6.22. The number of imidazole rings is 1. The van der Waals surface area contributed by atoms with Gasteiger partial charge in [0.2, 0.25) is 0 Å². The lowest BCUT2D eigenvalue weighted by atomic mass is 10.2. The van der Waals surface area contributed by atoms with Gasteiger partial charge in [0.25, 0.3) is 0 Å². The van der Waals surface area contributed by atoms with E-state index in [4.69, 9.17) is 11.6 Å². The number of hydrogen-bond acceptors (Lipinski definition) is 2. The minimum absolute atomic E-state index is 0.647. The molecule has 0 fully saturated rings. The standard InChI is InChI=1S/C16H16ClN3/c1-11-7-8-13(12(17)9-11)18-10-16-19-14-5-3-4-6-15(14)20(16)2/h3-9,18H,10H2,1-2H3. The highest BCUT2D eigenvalue weighted by Crippen LogP contribution is 2.23. The fraction of sp³-hybridized carbons (Fsp3) is 0.188. The van der Waals surface area contributed by atoms with Crippen molar-refractivity contribution in [1.82, 2.24) is 9.55 Å². The van der Waals surface area contributed by atoms with Crippen LogP contribution in [0.25, 0.3) is 11.0 Å². The number of aromatic nitrogens is 2. The zero-order valence-corrected chi connectivity index (χ0v) is 12.3. The van der Waals surface area contributed by atoms with Crippen LogP contribution in [0.5, 0.6) is 0 Å². The molecule has 0 saturated heterocycles. The Balaban J connectivity index is 1.85. The van der Waals surface area contributed by atoms with Crippen LogP contribution in [0, 0.1) is 6.92 Å². The summed E-state index contributed by atoms with van der Waals surface area (Å²) in [5.74, 6) is 0.989. The zero-order chi connectivity index (χ0) is 14.1. The number of nitrogens with one attached hydrogen (secondary N) is 1. The summed E-state index contributed by atoms with van der Waals surface area (Å²) in [7, 11) is 2.03. The van der Waals surface area contributed by atoms with Crippen LogP contribution in [0.4, 0.5) is 5.69 Å². The molecule has 0 spiro atoms. The number of hydrogen-bond donors (Lipinski definition) is 1. The Morgan fingerprint density at radius 1 is 1.20 bits per heavy atom. The first-order chi connectivity index (χ1) is 9.65. The van der Waals surface area contributed by atoms with Gasteiger partial charge in [-0.1, -0.05) is 29.8 Å². The molecular formula is C16H16ClN3. The normalized spacial score (nSPS) is 10.9. The fourth-order valence-corrected chi connectivity index (χ4v) is 2.59. The lowest BCUT2D eigenvalue weighted by Crippen LogP contribution is -2.06. The highest BCUT2D eigenvalue weighted by Gasteiger charge is 2.07. The molecule has 0 unspecified atom stereocenters. The van der Waals surface area contributed by atoms with Gasteiger partial charge < -0.3 is 9.88 Å². The summed E-state index contributed by atoms with van der Waals surface area (Å²) in [6.45, 7) is 2.68. The highest BCUT2D eigenvalue weighted by atomic mass is 35.5. The van der Waals surface area contributed by atoms with Crippen molar-refractivity contribution < 1.29 is 0 Å². The van der Waals surface area contributed by atoms with Crippen molar-refractivity contribution in [2.24, 2.45) is 7.05 Å². The summed E-state index contributed by atoms with van der Waals surface area (Å²) < 4.78 is 2.10. The van der Waals surface area contributed by atoms with E-state index >= 15 is 0 Å². The van der Waals surface area contributed by atoms with Crippen LogP contribution >= 0.6 is 11.6 Å².